The lowest BCUT2D eigenvalue weighted by Crippen LogP contribution is -2.27. The first-order valence-electron chi connectivity index (χ1n) is 11.0. The van der Waals surface area contributed by atoms with Crippen LogP contribution in [0.2, 0.25) is 0 Å². The normalized spacial score (nSPS) is 11.1. The zero-order chi connectivity index (χ0) is 24.4. The highest BCUT2D eigenvalue weighted by atomic mass is 19.1. The van der Waals surface area contributed by atoms with Crippen molar-refractivity contribution in [2.45, 2.75) is 26.7 Å². The average molecular weight is 464 g/mol. The van der Waals surface area contributed by atoms with Crippen molar-refractivity contribution in [1.29, 1.82) is 0 Å². The van der Waals surface area contributed by atoms with Gasteiger partial charge in [-0.25, -0.2) is 4.39 Å². The zero-order valence-electron chi connectivity index (χ0n) is 19.0. The Kier molecular flexibility index (Phi) is 6.36. The fourth-order valence-corrected chi connectivity index (χ4v) is 4.14. The third-order valence-corrected chi connectivity index (χ3v) is 5.88. The summed E-state index contributed by atoms with van der Waals surface area (Å²) in [5.41, 5.74) is 9.83. The van der Waals surface area contributed by atoms with Crippen LogP contribution in [0.15, 0.2) is 36.4 Å². The molecule has 0 aliphatic rings. The van der Waals surface area contributed by atoms with Gasteiger partial charge in [0.15, 0.2) is 0 Å². The van der Waals surface area contributed by atoms with Crippen molar-refractivity contribution in [3.8, 4) is 0 Å². The largest absolute Gasteiger partial charge is 0.370 e. The molecule has 4 rings (SSSR count). The van der Waals surface area contributed by atoms with E-state index in [1.165, 1.54) is 6.07 Å². The van der Waals surface area contributed by atoms with Crippen LogP contribution in [0.1, 0.15) is 44.1 Å². The highest BCUT2D eigenvalue weighted by Crippen LogP contribution is 2.28. The van der Waals surface area contributed by atoms with Gasteiger partial charge in [-0.15, -0.1) is 0 Å². The molecule has 2 aromatic carbocycles. The van der Waals surface area contributed by atoms with Crippen molar-refractivity contribution in [3.05, 3.63) is 70.3 Å². The monoisotopic (exact) mass is 463 g/mol. The van der Waals surface area contributed by atoms with Crippen LogP contribution >= 0.6 is 0 Å². The summed E-state index contributed by atoms with van der Waals surface area (Å²) < 4.78 is 14.2. The molecule has 0 spiro atoms. The second kappa shape index (κ2) is 9.38. The summed E-state index contributed by atoms with van der Waals surface area (Å²) in [4.78, 5) is 41.9. The highest BCUT2D eigenvalue weighted by molar-refractivity contribution is 6.01. The van der Waals surface area contributed by atoms with E-state index in [-0.39, 0.29) is 30.6 Å². The van der Waals surface area contributed by atoms with Gasteiger partial charge in [-0.2, -0.15) is 0 Å². The van der Waals surface area contributed by atoms with E-state index in [2.05, 4.69) is 20.6 Å². The fraction of sp³-hybridized carbons (Fsp3) is 0.240. The number of aryl methyl sites for hydroxylation is 2. The van der Waals surface area contributed by atoms with E-state index in [1.807, 2.05) is 13.8 Å². The Hall–Kier alpha value is -4.14. The van der Waals surface area contributed by atoms with Gasteiger partial charge in [0.05, 0.1) is 5.52 Å². The molecule has 0 radical (unpaired) electrons. The molecule has 0 atom stereocenters. The Morgan fingerprint density at radius 2 is 1.74 bits per heavy atom. The van der Waals surface area contributed by atoms with E-state index in [9.17, 15) is 18.8 Å². The quantitative estimate of drug-likeness (QED) is 0.275. The lowest BCUT2D eigenvalue weighted by Gasteiger charge is -2.06. The van der Waals surface area contributed by atoms with Gasteiger partial charge in [0.2, 0.25) is 5.91 Å². The predicted molar refractivity (Wildman–Crippen MR) is 128 cm³/mol. The van der Waals surface area contributed by atoms with Crippen molar-refractivity contribution in [2.75, 3.05) is 13.1 Å². The van der Waals surface area contributed by atoms with Crippen LogP contribution in [0.3, 0.4) is 0 Å². The van der Waals surface area contributed by atoms with Gasteiger partial charge in [0, 0.05) is 47.1 Å². The van der Waals surface area contributed by atoms with Crippen molar-refractivity contribution in [2.24, 2.45) is 5.73 Å². The van der Waals surface area contributed by atoms with E-state index in [0.717, 1.165) is 27.6 Å². The second-order valence-corrected chi connectivity index (χ2v) is 8.31. The molecular weight excluding hydrogens is 437 g/mol. The summed E-state index contributed by atoms with van der Waals surface area (Å²) in [5.74, 6) is -1.38. The van der Waals surface area contributed by atoms with Crippen molar-refractivity contribution >= 4 is 39.5 Å². The van der Waals surface area contributed by atoms with Gasteiger partial charge < -0.3 is 26.3 Å². The number of fused-ring (bicyclic) bond motifs is 2. The molecule has 6 N–H and O–H groups in total. The van der Waals surface area contributed by atoms with E-state index in [4.69, 9.17) is 5.73 Å². The molecule has 0 fully saturated rings. The molecule has 0 bridgehead atoms. The van der Waals surface area contributed by atoms with Crippen LogP contribution in [0.4, 0.5) is 4.39 Å². The van der Waals surface area contributed by atoms with E-state index >= 15 is 0 Å². The van der Waals surface area contributed by atoms with E-state index < -0.39 is 5.91 Å². The number of benzene rings is 2. The minimum absolute atomic E-state index is 0.0629. The standard InChI is InChI=1S/C25H26FN5O3/c1-13-3-6-18(26)23-22(13)17(14(2)30-23)7-9-29-25(34)20-11-15-4-5-16(12-19(15)31-20)24(33)28-10-8-21(27)32/h3-6,11-12,30-31H,7-10H2,1-2H3,(H2,27,32)(H,28,33)(H,29,34). The maximum atomic E-state index is 14.2. The lowest BCUT2D eigenvalue weighted by atomic mass is 10.0. The summed E-state index contributed by atoms with van der Waals surface area (Å²) in [6, 6.07) is 9.97. The number of aromatic nitrogens is 2. The maximum absolute atomic E-state index is 14.2. The van der Waals surface area contributed by atoms with Gasteiger partial charge in [-0.3, -0.25) is 14.4 Å². The summed E-state index contributed by atoms with van der Waals surface area (Å²) in [6.45, 7) is 4.38. The van der Waals surface area contributed by atoms with Gasteiger partial charge in [-0.1, -0.05) is 12.1 Å². The number of nitrogens with two attached hydrogens (primary N) is 1. The fourth-order valence-electron chi connectivity index (χ4n) is 4.14. The molecule has 0 aliphatic carbocycles. The number of carbonyl (C=O) groups excluding carboxylic acids is 3. The molecule has 0 saturated carbocycles. The number of rotatable bonds is 8. The van der Waals surface area contributed by atoms with Crippen LogP contribution in [-0.2, 0) is 11.2 Å². The molecular formula is C25H26FN5O3. The Bertz CT molecular complexity index is 1420. The Balaban J connectivity index is 1.42. The molecule has 176 valence electrons. The summed E-state index contributed by atoms with van der Waals surface area (Å²) in [5, 5.41) is 7.18. The molecule has 8 nitrogen and oxygen atoms in total. The summed E-state index contributed by atoms with van der Waals surface area (Å²) in [6.07, 6.45) is 0.616. The van der Waals surface area contributed by atoms with Gasteiger partial charge >= 0.3 is 0 Å². The zero-order valence-corrected chi connectivity index (χ0v) is 19.0. The van der Waals surface area contributed by atoms with Crippen LogP contribution < -0.4 is 16.4 Å². The van der Waals surface area contributed by atoms with Crippen LogP contribution in [0, 0.1) is 19.7 Å². The van der Waals surface area contributed by atoms with E-state index in [1.54, 1.807) is 30.3 Å². The van der Waals surface area contributed by atoms with Crippen molar-refractivity contribution < 1.29 is 18.8 Å². The molecule has 34 heavy (non-hydrogen) atoms. The number of hydrogen-bond donors (Lipinski definition) is 5. The first-order chi connectivity index (χ1) is 16.2. The highest BCUT2D eigenvalue weighted by Gasteiger charge is 2.15. The number of H-pyrrole nitrogens is 2. The third-order valence-electron chi connectivity index (χ3n) is 5.88. The number of hydrogen-bond acceptors (Lipinski definition) is 3. The third kappa shape index (κ3) is 4.63. The van der Waals surface area contributed by atoms with Crippen molar-refractivity contribution in [3.63, 3.8) is 0 Å². The van der Waals surface area contributed by atoms with Gasteiger partial charge in [-0.05, 0) is 55.7 Å². The first kappa shape index (κ1) is 23.0. The molecule has 2 aromatic heterocycles. The SMILES string of the molecule is Cc1[nH]c2c(F)ccc(C)c2c1CCNC(=O)c1cc2ccc(C(=O)NCCC(N)=O)cc2[nH]1. The van der Waals surface area contributed by atoms with Crippen LogP contribution in [0.25, 0.3) is 21.8 Å². The van der Waals surface area contributed by atoms with E-state index in [0.29, 0.717) is 35.3 Å². The molecule has 3 amide bonds. The Labute approximate surface area is 195 Å². The van der Waals surface area contributed by atoms with Crippen LogP contribution in [0.5, 0.6) is 0 Å². The number of primary amides is 1. The van der Waals surface area contributed by atoms with Crippen LogP contribution in [-0.4, -0.2) is 40.8 Å². The number of aromatic amines is 2. The number of nitrogens with one attached hydrogen (secondary N) is 4. The molecule has 0 saturated heterocycles. The summed E-state index contributed by atoms with van der Waals surface area (Å²) in [7, 11) is 0. The molecule has 0 aliphatic heterocycles. The van der Waals surface area contributed by atoms with Crippen molar-refractivity contribution in [1.82, 2.24) is 20.6 Å². The molecule has 9 heteroatoms. The molecule has 4 aromatic rings. The second-order valence-electron chi connectivity index (χ2n) is 8.31. The topological polar surface area (TPSA) is 133 Å². The number of halogens is 1. The average Bonchev–Trinajstić information content (AvgIpc) is 3.37. The Morgan fingerprint density at radius 1 is 0.971 bits per heavy atom. The minimum atomic E-state index is -0.488. The lowest BCUT2D eigenvalue weighted by molar-refractivity contribution is -0.117. The Morgan fingerprint density at radius 3 is 2.50 bits per heavy atom. The smallest absolute Gasteiger partial charge is 0.267 e. The number of amides is 3. The molecule has 2 heterocycles. The maximum Gasteiger partial charge on any atom is 0.267 e. The van der Waals surface area contributed by atoms with Gasteiger partial charge in [0.1, 0.15) is 11.5 Å². The first-order valence-corrected chi connectivity index (χ1v) is 11.0. The predicted octanol–water partition coefficient (Wildman–Crippen LogP) is 2.98. The molecule has 0 unspecified atom stereocenters. The number of carbonyl (C=O) groups is 3. The van der Waals surface area contributed by atoms with Gasteiger partial charge in [0.25, 0.3) is 11.8 Å². The summed E-state index contributed by atoms with van der Waals surface area (Å²) >= 11 is 0. The minimum Gasteiger partial charge on any atom is -0.370 e.